The van der Waals surface area contributed by atoms with Gasteiger partial charge in [0.15, 0.2) is 5.82 Å². The van der Waals surface area contributed by atoms with E-state index < -0.39 is 0 Å². The molecule has 7 heteroatoms. The Balaban J connectivity index is 2.12. The number of hydrogen-bond acceptors (Lipinski definition) is 5. The van der Waals surface area contributed by atoms with Gasteiger partial charge in [-0.2, -0.15) is 4.98 Å². The number of rotatable bonds is 3. The molecule has 0 aliphatic heterocycles. The van der Waals surface area contributed by atoms with E-state index in [4.69, 9.17) is 16.1 Å². The summed E-state index contributed by atoms with van der Waals surface area (Å²) in [4.78, 5) is 12.8. The average Bonchev–Trinajstić information content (AvgIpc) is 2.95. The summed E-state index contributed by atoms with van der Waals surface area (Å²) >= 11 is 6.18. The van der Waals surface area contributed by atoms with Gasteiger partial charge in [0.2, 0.25) is 5.89 Å². The predicted octanol–water partition coefficient (Wildman–Crippen LogP) is 2.47. The quantitative estimate of drug-likeness (QED) is 0.688. The Hall–Kier alpha value is -1.95. The molecule has 0 saturated carbocycles. The van der Waals surface area contributed by atoms with Crippen molar-refractivity contribution < 1.29 is 4.52 Å². The minimum absolute atomic E-state index is 0.208. The number of hydrogen-bond donors (Lipinski definition) is 0. The first-order valence-electron chi connectivity index (χ1n) is 5.88. The van der Waals surface area contributed by atoms with E-state index in [1.54, 1.807) is 19.3 Å². The fraction of sp³-hybridized carbons (Fsp3) is 0.333. The van der Waals surface area contributed by atoms with Gasteiger partial charge < -0.3 is 9.09 Å². The standard InChI is InChI=1S/C12H12ClN5O/c1-7(13)12-16-9-5-14-4-3-10(9)18(12)6-11-15-8(2)19-17-11/h3-5,7H,6H2,1-2H3. The van der Waals surface area contributed by atoms with Gasteiger partial charge in [0.1, 0.15) is 11.3 Å². The number of aromatic nitrogens is 5. The van der Waals surface area contributed by atoms with E-state index in [-0.39, 0.29) is 5.38 Å². The minimum atomic E-state index is -0.208. The molecule has 0 spiro atoms. The zero-order chi connectivity index (χ0) is 13.4. The summed E-state index contributed by atoms with van der Waals surface area (Å²) in [7, 11) is 0. The third-order valence-electron chi connectivity index (χ3n) is 2.81. The Morgan fingerprint density at radius 2 is 2.26 bits per heavy atom. The summed E-state index contributed by atoms with van der Waals surface area (Å²) in [5, 5.41) is 3.70. The molecule has 0 radical (unpaired) electrons. The monoisotopic (exact) mass is 277 g/mol. The molecule has 1 atom stereocenters. The van der Waals surface area contributed by atoms with Gasteiger partial charge in [-0.25, -0.2) is 4.98 Å². The molecule has 19 heavy (non-hydrogen) atoms. The zero-order valence-corrected chi connectivity index (χ0v) is 11.3. The molecule has 0 aromatic carbocycles. The van der Waals surface area contributed by atoms with Gasteiger partial charge in [0.05, 0.1) is 23.6 Å². The molecule has 0 aliphatic rings. The second-order valence-corrected chi connectivity index (χ2v) is 4.92. The van der Waals surface area contributed by atoms with Gasteiger partial charge in [0, 0.05) is 13.1 Å². The first kappa shape index (κ1) is 12.1. The number of halogens is 1. The number of pyridine rings is 1. The average molecular weight is 278 g/mol. The smallest absolute Gasteiger partial charge is 0.223 e. The van der Waals surface area contributed by atoms with Crippen molar-refractivity contribution in [2.45, 2.75) is 25.8 Å². The van der Waals surface area contributed by atoms with Crippen molar-refractivity contribution in [1.82, 2.24) is 24.7 Å². The van der Waals surface area contributed by atoms with Crippen molar-refractivity contribution in [3.63, 3.8) is 0 Å². The highest BCUT2D eigenvalue weighted by atomic mass is 35.5. The van der Waals surface area contributed by atoms with Crippen LogP contribution in [0, 0.1) is 6.92 Å². The summed E-state index contributed by atoms with van der Waals surface area (Å²) in [5.74, 6) is 1.92. The molecule has 3 heterocycles. The van der Waals surface area contributed by atoms with E-state index >= 15 is 0 Å². The summed E-state index contributed by atoms with van der Waals surface area (Å²) in [6, 6.07) is 1.90. The van der Waals surface area contributed by atoms with Gasteiger partial charge in [-0.15, -0.1) is 11.6 Å². The lowest BCUT2D eigenvalue weighted by atomic mass is 10.4. The fourth-order valence-corrected chi connectivity index (χ4v) is 2.18. The van der Waals surface area contributed by atoms with Crippen molar-refractivity contribution >= 4 is 22.6 Å². The summed E-state index contributed by atoms with van der Waals surface area (Å²) in [6.07, 6.45) is 3.45. The Bertz CT molecular complexity index is 718. The topological polar surface area (TPSA) is 69.6 Å². The molecule has 0 bridgehead atoms. The number of aryl methyl sites for hydroxylation is 1. The number of alkyl halides is 1. The second-order valence-electron chi connectivity index (χ2n) is 4.27. The van der Waals surface area contributed by atoms with Gasteiger partial charge in [-0.3, -0.25) is 4.98 Å². The third-order valence-corrected chi connectivity index (χ3v) is 3.00. The van der Waals surface area contributed by atoms with Crippen LogP contribution in [0.3, 0.4) is 0 Å². The first-order chi connectivity index (χ1) is 9.15. The number of fused-ring (bicyclic) bond motifs is 1. The van der Waals surface area contributed by atoms with E-state index in [0.29, 0.717) is 18.3 Å². The van der Waals surface area contributed by atoms with E-state index in [1.165, 1.54) is 0 Å². The van der Waals surface area contributed by atoms with Crippen molar-refractivity contribution in [3.05, 3.63) is 36.0 Å². The van der Waals surface area contributed by atoms with Crippen molar-refractivity contribution in [3.8, 4) is 0 Å². The van der Waals surface area contributed by atoms with Crippen LogP contribution in [0.5, 0.6) is 0 Å². The number of imidazole rings is 1. The predicted molar refractivity (Wildman–Crippen MR) is 69.9 cm³/mol. The van der Waals surface area contributed by atoms with Crippen LogP contribution in [0.25, 0.3) is 11.0 Å². The number of nitrogens with zero attached hydrogens (tertiary/aromatic N) is 5. The van der Waals surface area contributed by atoms with E-state index in [0.717, 1.165) is 16.9 Å². The SMILES string of the molecule is Cc1nc(Cn2c(C(C)Cl)nc3cnccc32)no1. The highest BCUT2D eigenvalue weighted by Crippen LogP contribution is 2.24. The Morgan fingerprint density at radius 1 is 1.42 bits per heavy atom. The van der Waals surface area contributed by atoms with Crippen molar-refractivity contribution in [1.29, 1.82) is 0 Å². The van der Waals surface area contributed by atoms with Gasteiger partial charge in [-0.05, 0) is 13.0 Å². The molecule has 0 saturated heterocycles. The van der Waals surface area contributed by atoms with E-state index in [1.807, 2.05) is 17.6 Å². The lowest BCUT2D eigenvalue weighted by Crippen LogP contribution is -2.07. The Labute approximate surface area is 114 Å². The lowest BCUT2D eigenvalue weighted by molar-refractivity contribution is 0.386. The fourth-order valence-electron chi connectivity index (χ4n) is 2.02. The zero-order valence-electron chi connectivity index (χ0n) is 10.5. The summed E-state index contributed by atoms with van der Waals surface area (Å²) < 4.78 is 6.97. The van der Waals surface area contributed by atoms with Crippen LogP contribution in [0.15, 0.2) is 23.0 Å². The Morgan fingerprint density at radius 3 is 2.95 bits per heavy atom. The van der Waals surface area contributed by atoms with Gasteiger partial charge >= 0.3 is 0 Å². The molecule has 98 valence electrons. The van der Waals surface area contributed by atoms with Crippen LogP contribution in [-0.4, -0.2) is 24.7 Å². The second kappa shape index (κ2) is 4.62. The molecule has 3 rings (SSSR count). The van der Waals surface area contributed by atoms with Gasteiger partial charge in [0.25, 0.3) is 0 Å². The first-order valence-corrected chi connectivity index (χ1v) is 6.32. The van der Waals surface area contributed by atoms with E-state index in [9.17, 15) is 0 Å². The van der Waals surface area contributed by atoms with Crippen molar-refractivity contribution in [2.24, 2.45) is 0 Å². The maximum atomic E-state index is 6.18. The normalized spacial score (nSPS) is 13.0. The molecule has 6 nitrogen and oxygen atoms in total. The largest absolute Gasteiger partial charge is 0.340 e. The Kier molecular flexibility index (Phi) is 2.94. The van der Waals surface area contributed by atoms with E-state index in [2.05, 4.69) is 20.1 Å². The highest BCUT2D eigenvalue weighted by molar-refractivity contribution is 6.20. The molecule has 3 aromatic rings. The lowest BCUT2D eigenvalue weighted by Gasteiger charge is -2.07. The maximum Gasteiger partial charge on any atom is 0.223 e. The molecule has 3 aromatic heterocycles. The van der Waals surface area contributed by atoms with Crippen LogP contribution in [-0.2, 0) is 6.54 Å². The maximum absolute atomic E-state index is 6.18. The summed E-state index contributed by atoms with van der Waals surface area (Å²) in [5.41, 5.74) is 1.77. The highest BCUT2D eigenvalue weighted by Gasteiger charge is 2.16. The molecule has 0 N–H and O–H groups in total. The minimum Gasteiger partial charge on any atom is -0.340 e. The third kappa shape index (κ3) is 2.19. The van der Waals surface area contributed by atoms with Gasteiger partial charge in [-0.1, -0.05) is 5.16 Å². The summed E-state index contributed by atoms with van der Waals surface area (Å²) in [6.45, 7) is 4.12. The molecular formula is C12H12ClN5O. The van der Waals surface area contributed by atoms with Crippen LogP contribution >= 0.6 is 11.6 Å². The molecule has 0 amide bonds. The molecular weight excluding hydrogens is 266 g/mol. The molecule has 1 unspecified atom stereocenters. The van der Waals surface area contributed by atoms with Crippen LogP contribution in [0.1, 0.15) is 29.8 Å². The van der Waals surface area contributed by atoms with Crippen molar-refractivity contribution in [2.75, 3.05) is 0 Å². The van der Waals surface area contributed by atoms with Crippen LogP contribution in [0.2, 0.25) is 0 Å². The van der Waals surface area contributed by atoms with Crippen LogP contribution in [0.4, 0.5) is 0 Å². The molecule has 0 fully saturated rings. The molecule has 0 aliphatic carbocycles. The van der Waals surface area contributed by atoms with Crippen LogP contribution < -0.4 is 0 Å².